The Kier molecular flexibility index (Phi) is 4.01. The molecule has 2 aliphatic rings. The Hall–Kier alpha value is -1.72. The second kappa shape index (κ2) is 5.89. The number of nitrogens with zero attached hydrogens (tertiary/aromatic N) is 1. The third kappa shape index (κ3) is 2.60. The van der Waals surface area contributed by atoms with Crippen LogP contribution in [0.25, 0.3) is 11.3 Å². The van der Waals surface area contributed by atoms with Crippen molar-refractivity contribution >= 4 is 17.2 Å². The SMILES string of the molecule is CC(C)(C)C1CCC2(CC1)O[C@@]2(C(N)=O)c1nc(-c2ccccc2)cs1. The quantitative estimate of drug-likeness (QED) is 0.809. The van der Waals surface area contributed by atoms with Crippen molar-refractivity contribution in [2.75, 3.05) is 0 Å². The zero-order chi connectivity index (χ0) is 18.6. The maximum absolute atomic E-state index is 12.4. The summed E-state index contributed by atoms with van der Waals surface area (Å²) in [5.74, 6) is 0.250. The monoisotopic (exact) mass is 370 g/mol. The number of rotatable bonds is 3. The number of thiazole rings is 1. The van der Waals surface area contributed by atoms with Crippen molar-refractivity contribution < 1.29 is 9.53 Å². The van der Waals surface area contributed by atoms with Crippen molar-refractivity contribution in [2.24, 2.45) is 17.1 Å². The molecule has 138 valence electrons. The first-order valence-electron chi connectivity index (χ1n) is 9.30. The van der Waals surface area contributed by atoms with E-state index >= 15 is 0 Å². The molecule has 5 heteroatoms. The minimum absolute atomic E-state index is 0.285. The van der Waals surface area contributed by atoms with Gasteiger partial charge in [-0.3, -0.25) is 4.79 Å². The molecular formula is C21H26N2O2S. The molecule has 1 amide bonds. The lowest BCUT2D eigenvalue weighted by molar-refractivity contribution is -0.123. The maximum Gasteiger partial charge on any atom is 0.259 e. The van der Waals surface area contributed by atoms with E-state index in [9.17, 15) is 4.79 Å². The Morgan fingerprint density at radius 2 is 1.88 bits per heavy atom. The first-order valence-corrected chi connectivity index (χ1v) is 10.2. The van der Waals surface area contributed by atoms with E-state index in [-0.39, 0.29) is 5.41 Å². The molecule has 1 atom stereocenters. The summed E-state index contributed by atoms with van der Waals surface area (Å²) in [6, 6.07) is 10.00. The second-order valence-electron chi connectivity index (χ2n) is 8.69. The summed E-state index contributed by atoms with van der Waals surface area (Å²) in [5, 5.41) is 2.70. The molecular weight excluding hydrogens is 344 g/mol. The van der Waals surface area contributed by atoms with Crippen molar-refractivity contribution in [3.05, 3.63) is 40.7 Å². The zero-order valence-corrected chi connectivity index (χ0v) is 16.4. The average Bonchev–Trinajstić information content (AvgIpc) is 3.01. The van der Waals surface area contributed by atoms with E-state index in [1.165, 1.54) is 11.3 Å². The number of carbonyl (C=O) groups is 1. The summed E-state index contributed by atoms with van der Waals surface area (Å²) >= 11 is 1.48. The summed E-state index contributed by atoms with van der Waals surface area (Å²) in [6.07, 6.45) is 3.88. The van der Waals surface area contributed by atoms with Crippen LogP contribution < -0.4 is 5.73 Å². The first kappa shape index (κ1) is 17.7. The fourth-order valence-electron chi connectivity index (χ4n) is 4.47. The topological polar surface area (TPSA) is 68.5 Å². The molecule has 1 saturated carbocycles. The summed E-state index contributed by atoms with van der Waals surface area (Å²) in [7, 11) is 0. The van der Waals surface area contributed by atoms with E-state index in [4.69, 9.17) is 15.5 Å². The molecule has 0 radical (unpaired) electrons. The van der Waals surface area contributed by atoms with Gasteiger partial charge in [-0.2, -0.15) is 0 Å². The fourth-order valence-corrected chi connectivity index (χ4v) is 5.52. The second-order valence-corrected chi connectivity index (χ2v) is 9.54. The van der Waals surface area contributed by atoms with E-state index in [1.807, 2.05) is 35.7 Å². The van der Waals surface area contributed by atoms with Gasteiger partial charge < -0.3 is 10.5 Å². The minimum Gasteiger partial charge on any atom is -0.367 e. The van der Waals surface area contributed by atoms with Crippen molar-refractivity contribution in [3.8, 4) is 11.3 Å². The summed E-state index contributed by atoms with van der Waals surface area (Å²) < 4.78 is 6.16. The Labute approximate surface area is 158 Å². The van der Waals surface area contributed by atoms with Gasteiger partial charge in [0.2, 0.25) is 5.60 Å². The normalized spacial score (nSPS) is 31.1. The molecule has 1 aromatic heterocycles. The summed E-state index contributed by atoms with van der Waals surface area (Å²) in [4.78, 5) is 17.2. The van der Waals surface area contributed by atoms with Gasteiger partial charge in [-0.25, -0.2) is 4.98 Å². The number of amides is 1. The lowest BCUT2D eigenvalue weighted by atomic mass is 9.67. The maximum atomic E-state index is 12.4. The van der Waals surface area contributed by atoms with E-state index in [0.29, 0.717) is 10.9 Å². The number of nitrogens with two attached hydrogens (primary N) is 1. The fraction of sp³-hybridized carbons (Fsp3) is 0.524. The van der Waals surface area contributed by atoms with Crippen LogP contribution in [0.5, 0.6) is 0 Å². The molecule has 0 unspecified atom stereocenters. The molecule has 4 nitrogen and oxygen atoms in total. The van der Waals surface area contributed by atoms with Crippen LogP contribution >= 0.6 is 11.3 Å². The number of benzene rings is 1. The molecule has 1 aliphatic carbocycles. The minimum atomic E-state index is -1.03. The highest BCUT2D eigenvalue weighted by Gasteiger charge is 2.76. The molecule has 2 fully saturated rings. The zero-order valence-electron chi connectivity index (χ0n) is 15.6. The van der Waals surface area contributed by atoms with Crippen molar-refractivity contribution in [2.45, 2.75) is 57.7 Å². The van der Waals surface area contributed by atoms with Crippen molar-refractivity contribution in [3.63, 3.8) is 0 Å². The molecule has 2 aromatic rings. The van der Waals surface area contributed by atoms with E-state index in [1.54, 1.807) is 0 Å². The Morgan fingerprint density at radius 3 is 2.46 bits per heavy atom. The standard InChI is InChI=1S/C21H26N2O2S/c1-19(2,3)15-9-11-20(12-10-15)21(25-20,17(22)24)18-23-16(13-26-18)14-7-5-4-6-8-14/h4-8,13,15H,9-12H2,1-3H3,(H2,22,24)/t15?,20?,21-/m0/s1. The van der Waals surface area contributed by atoms with E-state index in [0.717, 1.165) is 36.9 Å². The molecule has 1 aliphatic heterocycles. The average molecular weight is 371 g/mol. The molecule has 0 bridgehead atoms. The molecule has 1 saturated heterocycles. The van der Waals surface area contributed by atoms with Gasteiger partial charge in [0.25, 0.3) is 5.91 Å². The van der Waals surface area contributed by atoms with Gasteiger partial charge in [0.05, 0.1) is 5.69 Å². The number of hydrogen-bond donors (Lipinski definition) is 1. The molecule has 1 spiro atoms. The van der Waals surface area contributed by atoms with Crippen LogP contribution in [0.2, 0.25) is 0 Å². The molecule has 4 rings (SSSR count). The number of epoxide rings is 1. The van der Waals surface area contributed by atoms with Crippen LogP contribution in [-0.4, -0.2) is 16.5 Å². The van der Waals surface area contributed by atoms with Gasteiger partial charge in [0, 0.05) is 10.9 Å². The van der Waals surface area contributed by atoms with Crippen LogP contribution in [0.1, 0.15) is 51.5 Å². The Balaban J connectivity index is 1.61. The number of ether oxygens (including phenoxy) is 1. The third-order valence-corrected chi connectivity index (χ3v) is 7.13. The molecule has 2 N–H and O–H groups in total. The number of hydrogen-bond acceptors (Lipinski definition) is 4. The lowest BCUT2D eigenvalue weighted by Gasteiger charge is -2.36. The molecule has 2 heterocycles. The largest absolute Gasteiger partial charge is 0.367 e. The summed E-state index contributed by atoms with van der Waals surface area (Å²) in [6.45, 7) is 6.87. The van der Waals surface area contributed by atoms with Gasteiger partial charge in [-0.15, -0.1) is 11.3 Å². The van der Waals surface area contributed by atoms with Gasteiger partial charge in [-0.05, 0) is 37.0 Å². The van der Waals surface area contributed by atoms with E-state index < -0.39 is 17.1 Å². The number of primary amides is 1. The van der Waals surface area contributed by atoms with Crippen molar-refractivity contribution in [1.29, 1.82) is 0 Å². The smallest absolute Gasteiger partial charge is 0.259 e. The molecule has 26 heavy (non-hydrogen) atoms. The van der Waals surface area contributed by atoms with Gasteiger partial charge in [0.15, 0.2) is 0 Å². The van der Waals surface area contributed by atoms with Crippen molar-refractivity contribution in [1.82, 2.24) is 4.98 Å². The van der Waals surface area contributed by atoms with E-state index in [2.05, 4.69) is 20.8 Å². The third-order valence-electron chi connectivity index (χ3n) is 6.19. The summed E-state index contributed by atoms with van der Waals surface area (Å²) in [5.41, 5.74) is 6.56. The highest BCUT2D eigenvalue weighted by molar-refractivity contribution is 7.10. The van der Waals surface area contributed by atoms with Crippen LogP contribution in [-0.2, 0) is 15.1 Å². The number of carbonyl (C=O) groups excluding carboxylic acids is 1. The Morgan fingerprint density at radius 1 is 1.23 bits per heavy atom. The first-order chi connectivity index (χ1) is 12.3. The van der Waals surface area contributed by atoms with Crippen LogP contribution in [0.15, 0.2) is 35.7 Å². The van der Waals surface area contributed by atoms with Gasteiger partial charge in [-0.1, -0.05) is 51.1 Å². The number of aromatic nitrogens is 1. The van der Waals surface area contributed by atoms with Crippen LogP contribution in [0, 0.1) is 11.3 Å². The predicted octanol–water partition coefficient (Wildman–Crippen LogP) is 4.50. The lowest BCUT2D eigenvalue weighted by Crippen LogP contribution is -2.40. The van der Waals surface area contributed by atoms with Gasteiger partial charge in [0.1, 0.15) is 10.6 Å². The Bertz CT molecular complexity index is 816. The predicted molar refractivity (Wildman–Crippen MR) is 104 cm³/mol. The van der Waals surface area contributed by atoms with Gasteiger partial charge >= 0.3 is 0 Å². The van der Waals surface area contributed by atoms with Crippen LogP contribution in [0.3, 0.4) is 0 Å². The highest BCUT2D eigenvalue weighted by atomic mass is 32.1. The highest BCUT2D eigenvalue weighted by Crippen LogP contribution is 2.64. The molecule has 1 aromatic carbocycles. The van der Waals surface area contributed by atoms with Crippen LogP contribution in [0.4, 0.5) is 0 Å².